The molecule has 1 aliphatic rings. The molecule has 1 unspecified atom stereocenters. The van der Waals surface area contributed by atoms with E-state index in [1.807, 2.05) is 70.1 Å². The van der Waals surface area contributed by atoms with Crippen LogP contribution in [0.5, 0.6) is 0 Å². The summed E-state index contributed by atoms with van der Waals surface area (Å²) in [7, 11) is 5.51. The number of nitrogens with one attached hydrogen (secondary N) is 2. The smallest absolute Gasteiger partial charge is 0.410 e. The highest BCUT2D eigenvalue weighted by Crippen LogP contribution is 2.29. The molecule has 1 aromatic carbocycles. The summed E-state index contributed by atoms with van der Waals surface area (Å²) in [6.45, 7) is 8.29. The molecule has 10 nitrogen and oxygen atoms in total. The number of hydrogen-bond acceptors (Lipinski definition) is 7. The second-order valence-electron chi connectivity index (χ2n) is 13.8. The van der Waals surface area contributed by atoms with E-state index in [9.17, 15) is 24.6 Å². The number of aliphatic hydroxyl groups excluding tert-OH is 2. The fraction of sp³-hybridized carbons (Fsp3) is 0.743. The Morgan fingerprint density at radius 3 is 2.20 bits per heavy atom. The molecule has 3 amide bonds. The molecule has 6 atom stereocenters. The number of hydrogen-bond donors (Lipinski definition) is 4. The third-order valence-corrected chi connectivity index (χ3v) is 8.84. The number of nitrogens with zero attached hydrogens (tertiary/aromatic N) is 2. The van der Waals surface area contributed by atoms with Crippen LogP contribution in [0.1, 0.15) is 84.6 Å². The van der Waals surface area contributed by atoms with Gasteiger partial charge in [-0.3, -0.25) is 9.59 Å². The number of ether oxygens (including phenoxy) is 1. The monoisotopic (exact) mass is 632 g/mol. The topological polar surface area (TPSA) is 131 Å². The van der Waals surface area contributed by atoms with Gasteiger partial charge in [0.2, 0.25) is 5.91 Å². The Kier molecular flexibility index (Phi) is 16.9. The van der Waals surface area contributed by atoms with Crippen LogP contribution in [-0.2, 0) is 20.7 Å². The molecule has 0 spiro atoms. The molecule has 1 aromatic rings. The van der Waals surface area contributed by atoms with Crippen molar-refractivity contribution in [2.24, 2.45) is 17.8 Å². The zero-order chi connectivity index (χ0) is 33.5. The first kappa shape index (κ1) is 38.5. The zero-order valence-corrected chi connectivity index (χ0v) is 28.7. The summed E-state index contributed by atoms with van der Waals surface area (Å²) >= 11 is 0. The molecule has 0 saturated heterocycles. The average Bonchev–Trinajstić information content (AvgIpc) is 3.00. The standard InChI is InChI=1S/C35H60N4O6/c1-24(2)20-30(40)32(41)29(21-28-16-12-9-13-17-28)37-33(42)25(3)22-36-34(43)31(19-18-27-14-10-8-11-15-27)45-35(44)39(7)26(4)23-38(5)6/h8,10-11,14-15,24-26,28-32,40-41H,9,12-13,16-23H2,1-7H3,(H,36,43)(H,37,42)/t25-,26?,29+,30+,31+,32-/m1/s1. The van der Waals surface area contributed by atoms with Crippen LogP contribution < -0.4 is 10.6 Å². The molecule has 1 aliphatic carbocycles. The molecular formula is C35H60N4O6. The lowest BCUT2D eigenvalue weighted by Gasteiger charge is -2.33. The summed E-state index contributed by atoms with van der Waals surface area (Å²) < 4.78 is 5.72. The van der Waals surface area contributed by atoms with Crippen molar-refractivity contribution in [3.05, 3.63) is 35.9 Å². The predicted octanol–water partition coefficient (Wildman–Crippen LogP) is 3.98. The minimum absolute atomic E-state index is 0.0394. The largest absolute Gasteiger partial charge is 0.436 e. The summed E-state index contributed by atoms with van der Waals surface area (Å²) in [6, 6.07) is 9.00. The molecule has 2 rings (SSSR count). The molecule has 0 radical (unpaired) electrons. The van der Waals surface area contributed by atoms with Crippen LogP contribution >= 0.6 is 0 Å². The van der Waals surface area contributed by atoms with Crippen LogP contribution in [0.4, 0.5) is 4.79 Å². The fourth-order valence-electron chi connectivity index (χ4n) is 5.96. The molecule has 0 bridgehead atoms. The number of carbonyl (C=O) groups excluding carboxylic acids is 3. The van der Waals surface area contributed by atoms with Crippen LogP contribution in [0, 0.1) is 17.8 Å². The van der Waals surface area contributed by atoms with Gasteiger partial charge < -0.3 is 35.4 Å². The Hall–Kier alpha value is -2.69. The molecule has 1 saturated carbocycles. The highest BCUT2D eigenvalue weighted by Gasteiger charge is 2.33. The lowest BCUT2D eigenvalue weighted by atomic mass is 9.82. The number of aryl methyl sites for hydroxylation is 1. The Labute approximate surface area is 271 Å². The fourth-order valence-corrected chi connectivity index (χ4v) is 5.96. The molecular weight excluding hydrogens is 572 g/mol. The van der Waals surface area contributed by atoms with Gasteiger partial charge in [0.15, 0.2) is 6.10 Å². The second-order valence-corrected chi connectivity index (χ2v) is 13.8. The number of carbonyl (C=O) groups is 3. The van der Waals surface area contributed by atoms with E-state index < -0.39 is 42.3 Å². The van der Waals surface area contributed by atoms with Crippen LogP contribution in [0.25, 0.3) is 0 Å². The highest BCUT2D eigenvalue weighted by molar-refractivity contribution is 5.84. The zero-order valence-electron chi connectivity index (χ0n) is 28.7. The number of amides is 3. The van der Waals surface area contributed by atoms with E-state index in [0.717, 1.165) is 31.2 Å². The van der Waals surface area contributed by atoms with Gasteiger partial charge in [0.25, 0.3) is 5.91 Å². The minimum atomic E-state index is -1.08. The van der Waals surface area contributed by atoms with E-state index in [1.165, 1.54) is 11.3 Å². The van der Waals surface area contributed by atoms with Gasteiger partial charge in [0, 0.05) is 26.2 Å². The summed E-state index contributed by atoms with van der Waals surface area (Å²) in [5.41, 5.74) is 1.02. The van der Waals surface area contributed by atoms with Gasteiger partial charge in [-0.2, -0.15) is 0 Å². The van der Waals surface area contributed by atoms with Gasteiger partial charge in [-0.1, -0.05) is 83.2 Å². The summed E-state index contributed by atoms with van der Waals surface area (Å²) in [5.74, 6) is -0.778. The maximum Gasteiger partial charge on any atom is 0.410 e. The van der Waals surface area contributed by atoms with Crippen LogP contribution in [0.2, 0.25) is 0 Å². The Morgan fingerprint density at radius 1 is 0.956 bits per heavy atom. The van der Waals surface area contributed by atoms with Gasteiger partial charge in [-0.25, -0.2) is 4.79 Å². The van der Waals surface area contributed by atoms with Crippen molar-refractivity contribution in [3.8, 4) is 0 Å². The van der Waals surface area contributed by atoms with Crippen molar-refractivity contribution in [1.82, 2.24) is 20.4 Å². The minimum Gasteiger partial charge on any atom is -0.436 e. The summed E-state index contributed by atoms with van der Waals surface area (Å²) in [5, 5.41) is 27.6. The van der Waals surface area contributed by atoms with E-state index >= 15 is 0 Å². The van der Waals surface area contributed by atoms with E-state index in [2.05, 4.69) is 10.6 Å². The number of rotatable bonds is 18. The van der Waals surface area contributed by atoms with Gasteiger partial charge in [-0.15, -0.1) is 0 Å². The average molecular weight is 633 g/mol. The molecule has 45 heavy (non-hydrogen) atoms. The Balaban J connectivity index is 2.05. The second kappa shape index (κ2) is 19.7. The molecule has 0 heterocycles. The molecule has 10 heteroatoms. The first-order valence-electron chi connectivity index (χ1n) is 16.8. The molecule has 0 aromatic heterocycles. The van der Waals surface area contributed by atoms with Crippen LogP contribution in [-0.4, -0.2) is 103 Å². The lowest BCUT2D eigenvalue weighted by Crippen LogP contribution is -2.52. The quantitative estimate of drug-likeness (QED) is 0.193. The number of likely N-dealkylation sites (N-methyl/N-ethyl adjacent to an activating group) is 2. The van der Waals surface area contributed by atoms with Crippen molar-refractivity contribution < 1.29 is 29.3 Å². The molecule has 256 valence electrons. The maximum absolute atomic E-state index is 13.4. The number of benzene rings is 1. The highest BCUT2D eigenvalue weighted by atomic mass is 16.6. The van der Waals surface area contributed by atoms with Gasteiger partial charge in [0.1, 0.15) is 6.10 Å². The van der Waals surface area contributed by atoms with Crippen LogP contribution in [0.15, 0.2) is 30.3 Å². The van der Waals surface area contributed by atoms with Crippen molar-refractivity contribution in [3.63, 3.8) is 0 Å². The van der Waals surface area contributed by atoms with E-state index in [1.54, 1.807) is 14.0 Å². The van der Waals surface area contributed by atoms with E-state index in [0.29, 0.717) is 38.1 Å². The van der Waals surface area contributed by atoms with Crippen molar-refractivity contribution >= 4 is 17.9 Å². The third kappa shape index (κ3) is 14.1. The summed E-state index contributed by atoms with van der Waals surface area (Å²) in [6.07, 6.45) is 3.84. The Bertz CT molecular complexity index is 1020. The predicted molar refractivity (Wildman–Crippen MR) is 178 cm³/mol. The third-order valence-electron chi connectivity index (χ3n) is 8.84. The van der Waals surface area contributed by atoms with Crippen molar-refractivity contribution in [2.45, 2.75) is 116 Å². The molecule has 4 N–H and O–H groups in total. The van der Waals surface area contributed by atoms with Crippen LogP contribution in [0.3, 0.4) is 0 Å². The van der Waals surface area contributed by atoms with Gasteiger partial charge >= 0.3 is 6.09 Å². The van der Waals surface area contributed by atoms with Gasteiger partial charge in [0.05, 0.1) is 18.1 Å². The first-order valence-corrected chi connectivity index (χ1v) is 16.8. The van der Waals surface area contributed by atoms with Gasteiger partial charge in [-0.05, 0) is 64.1 Å². The van der Waals surface area contributed by atoms with Crippen molar-refractivity contribution in [2.75, 3.05) is 34.2 Å². The van der Waals surface area contributed by atoms with E-state index in [-0.39, 0.29) is 24.4 Å². The summed E-state index contributed by atoms with van der Waals surface area (Å²) in [4.78, 5) is 43.2. The van der Waals surface area contributed by atoms with E-state index in [4.69, 9.17) is 4.74 Å². The van der Waals surface area contributed by atoms with Crippen molar-refractivity contribution in [1.29, 1.82) is 0 Å². The first-order chi connectivity index (χ1) is 21.3. The number of aliphatic hydroxyl groups is 2. The SMILES string of the molecule is CC(C)C[C@H](O)[C@H](O)[C@H](CC1CCCCC1)NC(=O)[C@H](C)CNC(=O)[C@H](CCc1ccccc1)OC(=O)N(C)C(C)CN(C)C. The normalized spacial score (nSPS) is 18.0. The molecule has 0 aliphatic heterocycles. The maximum atomic E-state index is 13.4. The lowest BCUT2D eigenvalue weighted by molar-refractivity contribution is -0.131. The molecule has 1 fully saturated rings. The Morgan fingerprint density at radius 2 is 1.60 bits per heavy atom.